The highest BCUT2D eigenvalue weighted by Crippen LogP contribution is 2.53. The highest BCUT2D eigenvalue weighted by atomic mass is 15.1. The van der Waals surface area contributed by atoms with Crippen LogP contribution in [0.25, 0.3) is 0 Å². The Bertz CT molecular complexity index is 365. The van der Waals surface area contributed by atoms with Crippen LogP contribution in [0, 0.1) is 17.8 Å². The maximum Gasteiger partial charge on any atom is 0.125 e. The molecule has 0 radical (unpaired) electrons. The Balaban J connectivity index is 1.78. The Kier molecular flexibility index (Phi) is 2.95. The number of aryl methyl sites for hydroxylation is 1. The molecule has 1 heterocycles. The summed E-state index contributed by atoms with van der Waals surface area (Å²) in [4.78, 5) is 4.51. The first kappa shape index (κ1) is 11.3. The summed E-state index contributed by atoms with van der Waals surface area (Å²) in [5.41, 5.74) is 6.51. The van der Waals surface area contributed by atoms with E-state index in [1.807, 2.05) is 6.20 Å². The number of rotatable bonds is 6. The van der Waals surface area contributed by atoms with Crippen LogP contribution in [0.5, 0.6) is 0 Å². The van der Waals surface area contributed by atoms with Gasteiger partial charge in [-0.05, 0) is 49.9 Å². The van der Waals surface area contributed by atoms with Crippen LogP contribution in [0.4, 0.5) is 0 Å². The van der Waals surface area contributed by atoms with Crippen molar-refractivity contribution in [3.63, 3.8) is 0 Å². The van der Waals surface area contributed by atoms with Gasteiger partial charge in [-0.1, -0.05) is 6.92 Å². The van der Waals surface area contributed by atoms with Crippen LogP contribution < -0.4 is 5.73 Å². The number of nitrogens with zero attached hydrogens (tertiary/aromatic N) is 2. The van der Waals surface area contributed by atoms with Crippen LogP contribution in [-0.2, 0) is 6.54 Å². The van der Waals surface area contributed by atoms with E-state index in [1.54, 1.807) is 0 Å². The number of hydrogen-bond acceptors (Lipinski definition) is 2. The van der Waals surface area contributed by atoms with Gasteiger partial charge in [0.2, 0.25) is 0 Å². The van der Waals surface area contributed by atoms with Gasteiger partial charge >= 0.3 is 0 Å². The maximum atomic E-state index is 6.51. The van der Waals surface area contributed by atoms with E-state index in [-0.39, 0.29) is 6.04 Å². The van der Waals surface area contributed by atoms with E-state index in [9.17, 15) is 0 Å². The second kappa shape index (κ2) is 4.45. The molecule has 2 N–H and O–H groups in total. The zero-order valence-corrected chi connectivity index (χ0v) is 10.7. The normalized spacial score (nSPS) is 22.1. The van der Waals surface area contributed by atoms with Crippen molar-refractivity contribution in [3.05, 3.63) is 18.2 Å². The van der Waals surface area contributed by atoms with Crippen molar-refractivity contribution in [2.45, 2.75) is 51.6 Å². The molecule has 0 saturated heterocycles. The number of aromatic nitrogens is 2. The van der Waals surface area contributed by atoms with E-state index in [0.29, 0.717) is 5.92 Å². The molecule has 1 aromatic rings. The van der Waals surface area contributed by atoms with E-state index in [0.717, 1.165) is 30.6 Å². The minimum atomic E-state index is 0.163. The van der Waals surface area contributed by atoms with Gasteiger partial charge in [-0.2, -0.15) is 0 Å². The van der Waals surface area contributed by atoms with Gasteiger partial charge in [0.1, 0.15) is 5.82 Å². The standard InChI is InChI=1S/C14H23N3/c1-2-8-17-9-7-16-14(17)13(15)12(10-3-4-10)11-5-6-11/h7,9-13H,2-6,8,15H2,1H3. The van der Waals surface area contributed by atoms with Crippen LogP contribution in [0.3, 0.4) is 0 Å². The first-order chi connectivity index (χ1) is 8.31. The molecule has 3 nitrogen and oxygen atoms in total. The first-order valence-electron chi connectivity index (χ1n) is 7.08. The summed E-state index contributed by atoms with van der Waals surface area (Å²) in [6, 6.07) is 0.163. The molecule has 17 heavy (non-hydrogen) atoms. The molecule has 0 aliphatic heterocycles. The summed E-state index contributed by atoms with van der Waals surface area (Å²) >= 11 is 0. The van der Waals surface area contributed by atoms with E-state index < -0.39 is 0 Å². The SMILES string of the molecule is CCCn1ccnc1C(N)C(C1CC1)C1CC1. The molecule has 2 saturated carbocycles. The van der Waals surface area contributed by atoms with Crippen LogP contribution >= 0.6 is 0 Å². The zero-order chi connectivity index (χ0) is 11.8. The molecule has 2 aliphatic rings. The quantitative estimate of drug-likeness (QED) is 0.821. The smallest absolute Gasteiger partial charge is 0.125 e. The predicted molar refractivity (Wildman–Crippen MR) is 68.4 cm³/mol. The zero-order valence-electron chi connectivity index (χ0n) is 10.7. The lowest BCUT2D eigenvalue weighted by molar-refractivity contribution is 0.318. The van der Waals surface area contributed by atoms with E-state index in [4.69, 9.17) is 5.73 Å². The van der Waals surface area contributed by atoms with Crippen molar-refractivity contribution < 1.29 is 0 Å². The van der Waals surface area contributed by atoms with Crippen LogP contribution in [-0.4, -0.2) is 9.55 Å². The lowest BCUT2D eigenvalue weighted by Gasteiger charge is -2.24. The third-order valence-electron chi connectivity index (χ3n) is 4.26. The minimum Gasteiger partial charge on any atom is -0.334 e. The molecule has 2 aliphatic carbocycles. The van der Waals surface area contributed by atoms with Crippen LogP contribution in [0.1, 0.15) is 50.9 Å². The third-order valence-corrected chi connectivity index (χ3v) is 4.26. The average molecular weight is 233 g/mol. The number of nitrogens with two attached hydrogens (primary N) is 1. The fourth-order valence-electron chi connectivity index (χ4n) is 3.15. The van der Waals surface area contributed by atoms with E-state index in [1.165, 1.54) is 25.7 Å². The first-order valence-corrected chi connectivity index (χ1v) is 7.08. The highest BCUT2D eigenvalue weighted by molar-refractivity contribution is 5.06. The van der Waals surface area contributed by atoms with Gasteiger partial charge in [-0.15, -0.1) is 0 Å². The molecule has 1 aromatic heterocycles. The van der Waals surface area contributed by atoms with Gasteiger partial charge < -0.3 is 10.3 Å². The van der Waals surface area contributed by atoms with Crippen molar-refractivity contribution in [3.8, 4) is 0 Å². The molecule has 1 unspecified atom stereocenters. The minimum absolute atomic E-state index is 0.163. The molecule has 2 fully saturated rings. The predicted octanol–water partition coefficient (Wildman–Crippen LogP) is 2.73. The largest absolute Gasteiger partial charge is 0.334 e. The van der Waals surface area contributed by atoms with Crippen LogP contribution in [0.15, 0.2) is 12.4 Å². The average Bonchev–Trinajstić information content (AvgIpc) is 3.23. The van der Waals surface area contributed by atoms with Gasteiger partial charge in [-0.25, -0.2) is 4.98 Å². The van der Waals surface area contributed by atoms with Gasteiger partial charge in [0.15, 0.2) is 0 Å². The van der Waals surface area contributed by atoms with Gasteiger partial charge in [0.25, 0.3) is 0 Å². The molecule has 0 amide bonds. The van der Waals surface area contributed by atoms with Gasteiger partial charge in [-0.3, -0.25) is 0 Å². The Labute approximate surface area is 103 Å². The molecule has 3 rings (SSSR count). The van der Waals surface area contributed by atoms with E-state index >= 15 is 0 Å². The molecule has 1 atom stereocenters. The fraction of sp³-hybridized carbons (Fsp3) is 0.786. The third kappa shape index (κ3) is 2.25. The van der Waals surface area contributed by atoms with Crippen molar-refractivity contribution in [1.82, 2.24) is 9.55 Å². The molecule has 3 heteroatoms. The molecule has 0 spiro atoms. The van der Waals surface area contributed by atoms with Gasteiger partial charge in [0, 0.05) is 18.9 Å². The van der Waals surface area contributed by atoms with Crippen molar-refractivity contribution >= 4 is 0 Å². The van der Waals surface area contributed by atoms with Crippen molar-refractivity contribution in [2.24, 2.45) is 23.5 Å². The monoisotopic (exact) mass is 233 g/mol. The number of imidazole rings is 1. The number of hydrogen-bond donors (Lipinski definition) is 1. The Hall–Kier alpha value is -0.830. The molecule has 0 bridgehead atoms. The lowest BCUT2D eigenvalue weighted by Crippen LogP contribution is -2.28. The highest BCUT2D eigenvalue weighted by Gasteiger charge is 2.45. The Morgan fingerprint density at radius 3 is 2.53 bits per heavy atom. The summed E-state index contributed by atoms with van der Waals surface area (Å²) in [7, 11) is 0. The maximum absolute atomic E-state index is 6.51. The summed E-state index contributed by atoms with van der Waals surface area (Å²) in [6.45, 7) is 3.25. The molecular formula is C14H23N3. The Morgan fingerprint density at radius 1 is 1.35 bits per heavy atom. The van der Waals surface area contributed by atoms with Crippen molar-refractivity contribution in [2.75, 3.05) is 0 Å². The summed E-state index contributed by atoms with van der Waals surface area (Å²) in [6.07, 6.45) is 10.7. The second-order valence-corrected chi connectivity index (χ2v) is 5.76. The van der Waals surface area contributed by atoms with E-state index in [2.05, 4.69) is 22.7 Å². The van der Waals surface area contributed by atoms with Crippen molar-refractivity contribution in [1.29, 1.82) is 0 Å². The topological polar surface area (TPSA) is 43.8 Å². The Morgan fingerprint density at radius 2 is 2.00 bits per heavy atom. The molecule has 94 valence electrons. The molecule has 0 aromatic carbocycles. The second-order valence-electron chi connectivity index (χ2n) is 5.76. The summed E-state index contributed by atoms with van der Waals surface area (Å²) in [5.74, 6) is 3.61. The molecular weight excluding hydrogens is 210 g/mol. The summed E-state index contributed by atoms with van der Waals surface area (Å²) in [5, 5.41) is 0. The fourth-order valence-corrected chi connectivity index (χ4v) is 3.15. The van der Waals surface area contributed by atoms with Crippen LogP contribution in [0.2, 0.25) is 0 Å². The summed E-state index contributed by atoms with van der Waals surface area (Å²) < 4.78 is 2.25. The lowest BCUT2D eigenvalue weighted by atomic mass is 9.89. The van der Waals surface area contributed by atoms with Gasteiger partial charge in [0.05, 0.1) is 6.04 Å².